The SMILES string of the molecule is CNC(=O)c1ccc(N2CCN(Cc3cnc4cc(C5CC5)c(=O)[nH]c4c3)CC2)c(F)n1. The zero-order chi connectivity index (χ0) is 22.2. The third kappa shape index (κ3) is 4.08. The molecule has 1 amide bonds. The molecule has 2 fully saturated rings. The predicted molar refractivity (Wildman–Crippen MR) is 119 cm³/mol. The van der Waals surface area contributed by atoms with Crippen molar-refractivity contribution in [3.05, 3.63) is 63.6 Å². The monoisotopic (exact) mass is 436 g/mol. The first-order chi connectivity index (χ1) is 15.5. The van der Waals surface area contributed by atoms with E-state index in [4.69, 9.17) is 0 Å². The zero-order valence-electron chi connectivity index (χ0n) is 17.9. The summed E-state index contributed by atoms with van der Waals surface area (Å²) in [7, 11) is 1.49. The van der Waals surface area contributed by atoms with Crippen molar-refractivity contribution >= 4 is 22.6 Å². The number of nitrogens with one attached hydrogen (secondary N) is 2. The van der Waals surface area contributed by atoms with Gasteiger partial charge in [0.1, 0.15) is 5.69 Å². The van der Waals surface area contributed by atoms with Gasteiger partial charge in [-0.1, -0.05) is 0 Å². The molecule has 8 nitrogen and oxygen atoms in total. The summed E-state index contributed by atoms with van der Waals surface area (Å²) in [4.78, 5) is 39.5. The van der Waals surface area contributed by atoms with E-state index in [2.05, 4.69) is 25.2 Å². The number of hydrogen-bond acceptors (Lipinski definition) is 6. The van der Waals surface area contributed by atoms with E-state index in [0.29, 0.717) is 31.2 Å². The highest BCUT2D eigenvalue weighted by molar-refractivity contribution is 5.92. The average molecular weight is 436 g/mol. The lowest BCUT2D eigenvalue weighted by atomic mass is 10.1. The second kappa shape index (κ2) is 8.31. The van der Waals surface area contributed by atoms with Crippen molar-refractivity contribution in [1.82, 2.24) is 25.2 Å². The number of aromatic amines is 1. The standard InChI is InChI=1S/C23H25FN6O2/c1-25-23(32)17-4-5-20(21(24)27-17)30-8-6-29(7-9-30)13-14-10-19-18(26-12-14)11-16(15-2-3-15)22(31)28-19/h4-5,10-12,15H,2-3,6-9,13H2,1H3,(H,25,32)(H,28,31). The number of rotatable bonds is 5. The number of amides is 1. The van der Waals surface area contributed by atoms with Crippen LogP contribution in [0.3, 0.4) is 0 Å². The van der Waals surface area contributed by atoms with Crippen LogP contribution in [0.1, 0.15) is 40.4 Å². The smallest absolute Gasteiger partial charge is 0.269 e. The molecule has 0 radical (unpaired) electrons. The van der Waals surface area contributed by atoms with Gasteiger partial charge in [0.05, 0.1) is 16.7 Å². The molecule has 2 N–H and O–H groups in total. The minimum Gasteiger partial charge on any atom is -0.365 e. The van der Waals surface area contributed by atoms with Crippen LogP contribution in [0.25, 0.3) is 11.0 Å². The first-order valence-corrected chi connectivity index (χ1v) is 10.9. The minimum absolute atomic E-state index is 0.00867. The summed E-state index contributed by atoms with van der Waals surface area (Å²) in [6, 6.07) is 7.07. The lowest BCUT2D eigenvalue weighted by Crippen LogP contribution is -2.46. The van der Waals surface area contributed by atoms with E-state index in [1.165, 1.54) is 7.05 Å². The topological polar surface area (TPSA) is 94.2 Å². The number of fused-ring (bicyclic) bond motifs is 1. The highest BCUT2D eigenvalue weighted by atomic mass is 19.1. The third-order valence-corrected chi connectivity index (χ3v) is 6.20. The number of H-pyrrole nitrogens is 1. The van der Waals surface area contributed by atoms with Crippen LogP contribution in [0, 0.1) is 5.95 Å². The summed E-state index contributed by atoms with van der Waals surface area (Å²) in [5, 5.41) is 2.45. The Bertz CT molecular complexity index is 1230. The van der Waals surface area contributed by atoms with Crippen molar-refractivity contribution in [2.24, 2.45) is 0 Å². The Balaban J connectivity index is 1.24. The summed E-state index contributed by atoms with van der Waals surface area (Å²) < 4.78 is 14.5. The molecule has 3 aromatic rings. The van der Waals surface area contributed by atoms with Crippen molar-refractivity contribution in [2.75, 3.05) is 38.1 Å². The molecule has 0 spiro atoms. The molecule has 4 heterocycles. The molecule has 0 bridgehead atoms. The van der Waals surface area contributed by atoms with Crippen LogP contribution in [0.5, 0.6) is 0 Å². The average Bonchev–Trinajstić information content (AvgIpc) is 3.64. The summed E-state index contributed by atoms with van der Waals surface area (Å²) in [6.07, 6.45) is 4.03. The van der Waals surface area contributed by atoms with Crippen LogP contribution in [0.2, 0.25) is 0 Å². The lowest BCUT2D eigenvalue weighted by Gasteiger charge is -2.36. The van der Waals surface area contributed by atoms with Crippen molar-refractivity contribution in [1.29, 1.82) is 0 Å². The van der Waals surface area contributed by atoms with E-state index >= 15 is 0 Å². The van der Waals surface area contributed by atoms with Gasteiger partial charge >= 0.3 is 0 Å². The van der Waals surface area contributed by atoms with Crippen LogP contribution in [0.4, 0.5) is 10.1 Å². The first-order valence-electron chi connectivity index (χ1n) is 10.9. The molecule has 2 aliphatic rings. The van der Waals surface area contributed by atoms with Crippen LogP contribution in [-0.2, 0) is 6.54 Å². The number of nitrogens with zero attached hydrogens (tertiary/aromatic N) is 4. The molecule has 1 aliphatic heterocycles. The maximum absolute atomic E-state index is 14.5. The quantitative estimate of drug-likeness (QED) is 0.595. The lowest BCUT2D eigenvalue weighted by molar-refractivity contribution is 0.0957. The van der Waals surface area contributed by atoms with Gasteiger partial charge in [0, 0.05) is 51.5 Å². The maximum atomic E-state index is 14.5. The van der Waals surface area contributed by atoms with E-state index in [1.807, 2.05) is 23.2 Å². The summed E-state index contributed by atoms with van der Waals surface area (Å²) in [5.74, 6) is -0.650. The van der Waals surface area contributed by atoms with Gasteiger partial charge < -0.3 is 15.2 Å². The van der Waals surface area contributed by atoms with Crippen molar-refractivity contribution < 1.29 is 9.18 Å². The molecule has 166 valence electrons. The van der Waals surface area contributed by atoms with Crippen LogP contribution in [0.15, 0.2) is 35.3 Å². The highest BCUT2D eigenvalue weighted by Crippen LogP contribution is 2.38. The summed E-state index contributed by atoms with van der Waals surface area (Å²) in [5.41, 5.74) is 3.93. The number of carbonyl (C=O) groups is 1. The van der Waals surface area contributed by atoms with Crippen LogP contribution < -0.4 is 15.8 Å². The maximum Gasteiger partial charge on any atom is 0.269 e. The molecule has 0 unspecified atom stereocenters. The van der Waals surface area contributed by atoms with E-state index in [1.54, 1.807) is 12.1 Å². The Morgan fingerprint density at radius 2 is 2.00 bits per heavy atom. The Morgan fingerprint density at radius 1 is 1.22 bits per heavy atom. The molecular weight excluding hydrogens is 411 g/mol. The molecule has 1 aliphatic carbocycles. The fourth-order valence-corrected chi connectivity index (χ4v) is 4.25. The first kappa shape index (κ1) is 20.6. The van der Waals surface area contributed by atoms with Gasteiger partial charge in [-0.15, -0.1) is 0 Å². The molecule has 1 saturated heterocycles. The molecule has 32 heavy (non-hydrogen) atoms. The van der Waals surface area contributed by atoms with E-state index in [9.17, 15) is 14.0 Å². The second-order valence-electron chi connectivity index (χ2n) is 8.45. The van der Waals surface area contributed by atoms with E-state index in [0.717, 1.165) is 48.1 Å². The Morgan fingerprint density at radius 3 is 2.69 bits per heavy atom. The molecule has 3 aromatic heterocycles. The Kier molecular flexibility index (Phi) is 5.34. The van der Waals surface area contributed by atoms with Gasteiger partial charge in [-0.3, -0.25) is 19.5 Å². The molecule has 9 heteroatoms. The largest absolute Gasteiger partial charge is 0.365 e. The van der Waals surface area contributed by atoms with Gasteiger partial charge in [0.25, 0.3) is 11.5 Å². The number of piperazine rings is 1. The summed E-state index contributed by atoms with van der Waals surface area (Å²) in [6.45, 7) is 3.53. The molecule has 0 atom stereocenters. The number of carbonyl (C=O) groups excluding carboxylic acids is 1. The third-order valence-electron chi connectivity index (χ3n) is 6.20. The van der Waals surface area contributed by atoms with Gasteiger partial charge in [0.15, 0.2) is 0 Å². The predicted octanol–water partition coefficient (Wildman–Crippen LogP) is 2.02. The van der Waals surface area contributed by atoms with E-state index < -0.39 is 11.9 Å². The van der Waals surface area contributed by atoms with Gasteiger partial charge in [-0.2, -0.15) is 4.39 Å². The van der Waals surface area contributed by atoms with Gasteiger partial charge in [-0.25, -0.2) is 4.98 Å². The molecular formula is C23H25FN6O2. The molecule has 1 saturated carbocycles. The van der Waals surface area contributed by atoms with Gasteiger partial charge in [0.2, 0.25) is 5.95 Å². The van der Waals surface area contributed by atoms with Crippen molar-refractivity contribution in [3.8, 4) is 0 Å². The van der Waals surface area contributed by atoms with Crippen LogP contribution in [-0.4, -0.2) is 59.0 Å². The normalized spacial score (nSPS) is 17.0. The number of aromatic nitrogens is 3. The number of pyridine rings is 3. The fourth-order valence-electron chi connectivity index (χ4n) is 4.25. The number of hydrogen-bond donors (Lipinski definition) is 2. The summed E-state index contributed by atoms with van der Waals surface area (Å²) >= 11 is 0. The fraction of sp³-hybridized carbons (Fsp3) is 0.391. The van der Waals surface area contributed by atoms with Crippen molar-refractivity contribution in [2.45, 2.75) is 25.3 Å². The zero-order valence-corrected chi connectivity index (χ0v) is 17.9. The van der Waals surface area contributed by atoms with Crippen LogP contribution >= 0.6 is 0 Å². The minimum atomic E-state index is -0.632. The molecule has 5 rings (SSSR count). The van der Waals surface area contributed by atoms with E-state index in [-0.39, 0.29) is 11.3 Å². The Labute approximate surface area is 184 Å². The Hall–Kier alpha value is -3.33. The molecule has 0 aromatic carbocycles. The highest BCUT2D eigenvalue weighted by Gasteiger charge is 2.27. The number of anilines is 1. The van der Waals surface area contributed by atoms with Crippen molar-refractivity contribution in [3.63, 3.8) is 0 Å². The number of halogens is 1. The second-order valence-corrected chi connectivity index (χ2v) is 8.45. The van der Waals surface area contributed by atoms with Gasteiger partial charge in [-0.05, 0) is 48.6 Å².